The van der Waals surface area contributed by atoms with Gasteiger partial charge in [0.2, 0.25) is 0 Å². The first-order valence-electron chi connectivity index (χ1n) is 5.18. The van der Waals surface area contributed by atoms with Gasteiger partial charge in [0.1, 0.15) is 16.2 Å². The molecule has 0 radical (unpaired) electrons. The topological polar surface area (TPSA) is 37.8 Å². The van der Waals surface area contributed by atoms with Gasteiger partial charge in [-0.05, 0) is 22.9 Å². The maximum atomic E-state index is 4.35. The molecule has 0 spiro atoms. The lowest BCUT2D eigenvalue weighted by Crippen LogP contribution is -2.23. The summed E-state index contributed by atoms with van der Waals surface area (Å²) in [5, 5.41) is 4.08. The highest BCUT2D eigenvalue weighted by molar-refractivity contribution is 9.10. The van der Waals surface area contributed by atoms with E-state index in [0.717, 1.165) is 22.8 Å². The van der Waals surface area contributed by atoms with Crippen LogP contribution in [0.4, 0.5) is 5.82 Å². The zero-order chi connectivity index (χ0) is 11.4. The summed E-state index contributed by atoms with van der Waals surface area (Å²) in [4.78, 5) is 8.54. The second-order valence-electron chi connectivity index (χ2n) is 3.57. The van der Waals surface area contributed by atoms with Crippen molar-refractivity contribution < 1.29 is 0 Å². The molecule has 1 unspecified atom stereocenters. The van der Waals surface area contributed by atoms with E-state index in [1.54, 1.807) is 0 Å². The fraction of sp³-hybridized carbons (Fsp3) is 0.600. The van der Waals surface area contributed by atoms with Crippen molar-refractivity contribution in [2.24, 2.45) is 0 Å². The third kappa shape index (κ3) is 3.82. The quantitative estimate of drug-likeness (QED) is 0.867. The lowest BCUT2D eigenvalue weighted by molar-refractivity contribution is 0.967. The maximum Gasteiger partial charge on any atom is 0.130 e. The predicted octanol–water partition coefficient (Wildman–Crippen LogP) is 2.81. The Hall–Kier alpha value is 0.0600. The lowest BCUT2D eigenvalue weighted by atomic mass is 10.4. The second kappa shape index (κ2) is 6.12. The second-order valence-corrected chi connectivity index (χ2v) is 6.94. The van der Waals surface area contributed by atoms with E-state index in [0.29, 0.717) is 5.25 Å². The predicted molar refractivity (Wildman–Crippen MR) is 76.5 cm³/mol. The molecule has 1 aromatic heterocycles. The molecular formula is C10H14BrN3S2. The van der Waals surface area contributed by atoms with Gasteiger partial charge in [-0.15, -0.1) is 0 Å². The van der Waals surface area contributed by atoms with Gasteiger partial charge >= 0.3 is 0 Å². The first-order valence-corrected chi connectivity index (χ1v) is 8.18. The van der Waals surface area contributed by atoms with Crippen LogP contribution in [0.3, 0.4) is 0 Å². The number of rotatable bonds is 3. The van der Waals surface area contributed by atoms with Crippen molar-refractivity contribution in [1.82, 2.24) is 9.97 Å². The van der Waals surface area contributed by atoms with E-state index in [-0.39, 0.29) is 0 Å². The van der Waals surface area contributed by atoms with E-state index in [9.17, 15) is 0 Å². The van der Waals surface area contributed by atoms with E-state index < -0.39 is 0 Å². The van der Waals surface area contributed by atoms with Crippen molar-refractivity contribution in [2.45, 2.75) is 12.2 Å². The number of hydrogen-bond donors (Lipinski definition) is 1. The van der Waals surface area contributed by atoms with Gasteiger partial charge in [-0.2, -0.15) is 23.5 Å². The van der Waals surface area contributed by atoms with Crippen molar-refractivity contribution in [3.63, 3.8) is 0 Å². The van der Waals surface area contributed by atoms with E-state index in [1.165, 1.54) is 17.3 Å². The largest absolute Gasteiger partial charge is 0.369 e. The normalized spacial score (nSPS) is 20.8. The van der Waals surface area contributed by atoms with Crippen LogP contribution in [-0.4, -0.2) is 39.0 Å². The zero-order valence-electron chi connectivity index (χ0n) is 9.07. The fourth-order valence-electron chi connectivity index (χ4n) is 1.49. The number of aryl methyl sites for hydroxylation is 1. The Morgan fingerprint density at radius 1 is 1.50 bits per heavy atom. The van der Waals surface area contributed by atoms with Crippen LogP contribution in [0, 0.1) is 6.92 Å². The van der Waals surface area contributed by atoms with Crippen LogP contribution in [0.1, 0.15) is 5.82 Å². The van der Waals surface area contributed by atoms with Gasteiger partial charge in [-0.3, -0.25) is 0 Å². The van der Waals surface area contributed by atoms with E-state index in [4.69, 9.17) is 0 Å². The third-order valence-corrected chi connectivity index (χ3v) is 5.45. The van der Waals surface area contributed by atoms with Crippen LogP contribution in [0.2, 0.25) is 0 Å². The van der Waals surface area contributed by atoms with E-state index >= 15 is 0 Å². The molecule has 2 rings (SSSR count). The molecule has 1 aromatic rings. The number of thioether (sulfide) groups is 2. The van der Waals surface area contributed by atoms with Crippen LogP contribution < -0.4 is 5.32 Å². The van der Waals surface area contributed by atoms with Crippen LogP contribution in [0.25, 0.3) is 0 Å². The molecule has 0 saturated carbocycles. The number of aromatic nitrogens is 2. The number of anilines is 1. The molecule has 1 aliphatic rings. The Morgan fingerprint density at radius 3 is 3.06 bits per heavy atom. The summed E-state index contributed by atoms with van der Waals surface area (Å²) in [7, 11) is 0. The molecule has 16 heavy (non-hydrogen) atoms. The van der Waals surface area contributed by atoms with Gasteiger partial charge in [-0.1, -0.05) is 0 Å². The Labute approximate surface area is 113 Å². The SMILES string of the molecule is Cc1nc(Br)cc(NCC2CSCCS2)n1. The number of hydrogen-bond acceptors (Lipinski definition) is 5. The van der Waals surface area contributed by atoms with Crippen LogP contribution in [0.15, 0.2) is 10.7 Å². The molecule has 0 bridgehead atoms. The number of nitrogens with one attached hydrogen (secondary N) is 1. The van der Waals surface area contributed by atoms with Crippen molar-refractivity contribution in [3.8, 4) is 0 Å². The molecular weight excluding hydrogens is 306 g/mol. The summed E-state index contributed by atoms with van der Waals surface area (Å²) >= 11 is 7.47. The van der Waals surface area contributed by atoms with Crippen LogP contribution in [0.5, 0.6) is 0 Å². The van der Waals surface area contributed by atoms with E-state index in [2.05, 4.69) is 43.0 Å². The minimum atomic E-state index is 0.702. The van der Waals surface area contributed by atoms with Crippen molar-refractivity contribution in [1.29, 1.82) is 0 Å². The third-order valence-electron chi connectivity index (χ3n) is 2.20. The molecule has 1 atom stereocenters. The maximum absolute atomic E-state index is 4.35. The van der Waals surface area contributed by atoms with Crippen LogP contribution >= 0.6 is 39.5 Å². The Balaban J connectivity index is 1.88. The molecule has 0 amide bonds. The Bertz CT molecular complexity index is 336. The molecule has 88 valence electrons. The molecule has 6 heteroatoms. The van der Waals surface area contributed by atoms with Gasteiger partial charge in [0.05, 0.1) is 0 Å². The van der Waals surface area contributed by atoms with Gasteiger partial charge in [-0.25, -0.2) is 9.97 Å². The average molecular weight is 320 g/mol. The Morgan fingerprint density at radius 2 is 2.38 bits per heavy atom. The van der Waals surface area contributed by atoms with Crippen molar-refractivity contribution in [3.05, 3.63) is 16.5 Å². The number of halogens is 1. The summed E-state index contributed by atoms with van der Waals surface area (Å²) in [6.45, 7) is 2.89. The summed E-state index contributed by atoms with van der Waals surface area (Å²) in [6, 6.07) is 1.92. The summed E-state index contributed by atoms with van der Waals surface area (Å²) in [5.41, 5.74) is 0. The average Bonchev–Trinajstić information content (AvgIpc) is 2.27. The smallest absolute Gasteiger partial charge is 0.130 e. The van der Waals surface area contributed by atoms with Crippen molar-refractivity contribution in [2.75, 3.05) is 29.1 Å². The van der Waals surface area contributed by atoms with Gasteiger partial charge < -0.3 is 5.32 Å². The molecule has 2 heterocycles. The Kier molecular flexibility index (Phi) is 4.79. The van der Waals surface area contributed by atoms with Gasteiger partial charge in [0, 0.05) is 35.1 Å². The first kappa shape index (κ1) is 12.5. The standard InChI is InChI=1S/C10H14BrN3S2/c1-7-13-9(11)4-10(14-7)12-5-8-6-15-2-3-16-8/h4,8H,2-3,5-6H2,1H3,(H,12,13,14). The highest BCUT2D eigenvalue weighted by Crippen LogP contribution is 2.24. The number of nitrogens with zero attached hydrogens (tertiary/aromatic N) is 2. The lowest BCUT2D eigenvalue weighted by Gasteiger charge is -2.21. The molecule has 1 aliphatic heterocycles. The molecule has 3 nitrogen and oxygen atoms in total. The molecule has 0 aromatic carbocycles. The fourth-order valence-corrected chi connectivity index (χ4v) is 4.58. The highest BCUT2D eigenvalue weighted by atomic mass is 79.9. The summed E-state index contributed by atoms with van der Waals surface area (Å²) in [6.07, 6.45) is 0. The summed E-state index contributed by atoms with van der Waals surface area (Å²) < 4.78 is 0.841. The molecule has 1 N–H and O–H groups in total. The van der Waals surface area contributed by atoms with Crippen molar-refractivity contribution >= 4 is 45.3 Å². The summed E-state index contributed by atoms with van der Waals surface area (Å²) in [5.74, 6) is 5.50. The van der Waals surface area contributed by atoms with Crippen LogP contribution in [-0.2, 0) is 0 Å². The van der Waals surface area contributed by atoms with Gasteiger partial charge in [0.25, 0.3) is 0 Å². The zero-order valence-corrected chi connectivity index (χ0v) is 12.3. The first-order chi connectivity index (χ1) is 7.74. The van der Waals surface area contributed by atoms with E-state index in [1.807, 2.05) is 24.8 Å². The molecule has 1 fully saturated rings. The molecule has 1 saturated heterocycles. The molecule has 0 aliphatic carbocycles. The van der Waals surface area contributed by atoms with Gasteiger partial charge in [0.15, 0.2) is 0 Å². The minimum absolute atomic E-state index is 0.702. The minimum Gasteiger partial charge on any atom is -0.369 e. The monoisotopic (exact) mass is 319 g/mol. The highest BCUT2D eigenvalue weighted by Gasteiger charge is 2.14.